The average molecular weight is 272 g/mol. The summed E-state index contributed by atoms with van der Waals surface area (Å²) in [5.74, 6) is 0.683. The number of aromatic nitrogens is 2. The van der Waals surface area contributed by atoms with Crippen molar-refractivity contribution in [2.45, 2.75) is 26.1 Å². The minimum atomic E-state index is -4.40. The van der Waals surface area contributed by atoms with Gasteiger partial charge in [0.25, 0.3) is 5.89 Å². The third-order valence-electron chi connectivity index (χ3n) is 2.36. The van der Waals surface area contributed by atoms with Crippen molar-refractivity contribution < 1.29 is 22.3 Å². The molecule has 0 N–H and O–H groups in total. The Morgan fingerprint density at radius 2 is 2.00 bits per heavy atom. The fraction of sp³-hybridized carbons (Fsp3) is 0.333. The zero-order chi connectivity index (χ0) is 14.0. The van der Waals surface area contributed by atoms with E-state index in [9.17, 15) is 13.2 Å². The topological polar surface area (TPSA) is 48.2 Å². The molecule has 1 aromatic heterocycles. The molecule has 1 unspecified atom stereocenters. The highest BCUT2D eigenvalue weighted by molar-refractivity contribution is 5.30. The lowest BCUT2D eigenvalue weighted by Crippen LogP contribution is -2.07. The fourth-order valence-electron chi connectivity index (χ4n) is 1.48. The van der Waals surface area contributed by atoms with Crippen LogP contribution in [-0.4, -0.2) is 10.2 Å². The third kappa shape index (κ3) is 3.24. The molecule has 0 aliphatic rings. The van der Waals surface area contributed by atoms with E-state index in [4.69, 9.17) is 9.15 Å². The summed E-state index contributed by atoms with van der Waals surface area (Å²) < 4.78 is 48.1. The molecule has 4 nitrogen and oxygen atoms in total. The number of rotatable bonds is 3. The minimum Gasteiger partial charge on any atom is -0.481 e. The molecule has 0 fully saturated rings. The van der Waals surface area contributed by atoms with Crippen LogP contribution in [0.4, 0.5) is 13.2 Å². The normalized spacial score (nSPS) is 13.3. The Hall–Kier alpha value is -2.05. The van der Waals surface area contributed by atoms with E-state index in [2.05, 4.69) is 10.2 Å². The Labute approximate surface area is 107 Å². The second kappa shape index (κ2) is 4.91. The van der Waals surface area contributed by atoms with Crippen LogP contribution in [0, 0.1) is 6.92 Å². The molecule has 1 aromatic carbocycles. The largest absolute Gasteiger partial charge is 0.481 e. The van der Waals surface area contributed by atoms with Crippen LogP contribution in [0.3, 0.4) is 0 Å². The Morgan fingerprint density at radius 1 is 1.26 bits per heavy atom. The van der Waals surface area contributed by atoms with Crippen molar-refractivity contribution in [3.05, 3.63) is 41.6 Å². The van der Waals surface area contributed by atoms with E-state index in [0.29, 0.717) is 5.89 Å². The Kier molecular flexibility index (Phi) is 3.46. The number of ether oxygens (including phenoxy) is 1. The predicted octanol–water partition coefficient (Wildman–Crippen LogP) is 3.54. The van der Waals surface area contributed by atoms with Crippen LogP contribution < -0.4 is 4.74 Å². The Balaban J connectivity index is 2.15. The van der Waals surface area contributed by atoms with Gasteiger partial charge in [0.05, 0.1) is 5.56 Å². The molecule has 102 valence electrons. The number of hydrogen-bond donors (Lipinski definition) is 0. The van der Waals surface area contributed by atoms with E-state index in [1.54, 1.807) is 13.8 Å². The van der Waals surface area contributed by atoms with Crippen molar-refractivity contribution in [3.8, 4) is 5.75 Å². The summed E-state index contributed by atoms with van der Waals surface area (Å²) in [7, 11) is 0. The SMILES string of the molecule is Cc1nnc(C(C)Oc2cccc(C(F)(F)F)c2)o1. The maximum atomic E-state index is 12.5. The zero-order valence-electron chi connectivity index (χ0n) is 10.2. The quantitative estimate of drug-likeness (QED) is 0.857. The molecule has 0 radical (unpaired) electrons. The molecule has 1 heterocycles. The smallest absolute Gasteiger partial charge is 0.416 e. The van der Waals surface area contributed by atoms with Crippen molar-refractivity contribution in [3.63, 3.8) is 0 Å². The molecule has 0 aliphatic heterocycles. The van der Waals surface area contributed by atoms with Crippen LogP contribution in [0.2, 0.25) is 0 Å². The van der Waals surface area contributed by atoms with Crippen LogP contribution in [0.25, 0.3) is 0 Å². The number of hydrogen-bond acceptors (Lipinski definition) is 4. The van der Waals surface area contributed by atoms with E-state index in [1.807, 2.05) is 0 Å². The average Bonchev–Trinajstić information content (AvgIpc) is 2.75. The van der Waals surface area contributed by atoms with Crippen molar-refractivity contribution in [2.24, 2.45) is 0 Å². The van der Waals surface area contributed by atoms with Gasteiger partial charge in [-0.05, 0) is 25.1 Å². The molecule has 0 saturated carbocycles. The first kappa shape index (κ1) is 13.4. The summed E-state index contributed by atoms with van der Waals surface area (Å²) in [4.78, 5) is 0. The van der Waals surface area contributed by atoms with Gasteiger partial charge in [-0.15, -0.1) is 10.2 Å². The fourth-order valence-corrected chi connectivity index (χ4v) is 1.48. The van der Waals surface area contributed by atoms with Gasteiger partial charge in [-0.2, -0.15) is 13.2 Å². The minimum absolute atomic E-state index is 0.0955. The number of benzene rings is 1. The monoisotopic (exact) mass is 272 g/mol. The van der Waals surface area contributed by atoms with Gasteiger partial charge in [0, 0.05) is 6.92 Å². The highest BCUT2D eigenvalue weighted by Crippen LogP contribution is 2.32. The second-order valence-corrected chi connectivity index (χ2v) is 3.94. The molecular formula is C12H11F3N2O2. The third-order valence-corrected chi connectivity index (χ3v) is 2.36. The summed E-state index contributed by atoms with van der Waals surface area (Å²) in [5, 5.41) is 7.38. The van der Waals surface area contributed by atoms with Gasteiger partial charge in [0.15, 0.2) is 6.10 Å². The number of aryl methyl sites for hydroxylation is 1. The molecule has 2 aromatic rings. The van der Waals surface area contributed by atoms with E-state index in [-0.39, 0.29) is 11.6 Å². The van der Waals surface area contributed by atoms with Gasteiger partial charge in [0.1, 0.15) is 5.75 Å². The number of nitrogens with zero attached hydrogens (tertiary/aromatic N) is 2. The highest BCUT2D eigenvalue weighted by Gasteiger charge is 2.30. The van der Waals surface area contributed by atoms with Crippen molar-refractivity contribution in [1.82, 2.24) is 10.2 Å². The maximum absolute atomic E-state index is 12.5. The highest BCUT2D eigenvalue weighted by atomic mass is 19.4. The molecule has 1 atom stereocenters. The molecule has 7 heteroatoms. The Bertz CT molecular complexity index is 566. The molecule has 2 rings (SSSR count). The van der Waals surface area contributed by atoms with Crippen molar-refractivity contribution in [2.75, 3.05) is 0 Å². The van der Waals surface area contributed by atoms with Crippen LogP contribution in [0.1, 0.15) is 30.4 Å². The first-order valence-electron chi connectivity index (χ1n) is 5.50. The van der Waals surface area contributed by atoms with Gasteiger partial charge in [-0.1, -0.05) is 6.07 Å². The summed E-state index contributed by atoms with van der Waals surface area (Å²) in [5.41, 5.74) is -0.765. The molecule has 0 aliphatic carbocycles. The van der Waals surface area contributed by atoms with Gasteiger partial charge >= 0.3 is 6.18 Å². The summed E-state index contributed by atoms with van der Waals surface area (Å²) in [6, 6.07) is 4.63. The predicted molar refractivity (Wildman–Crippen MR) is 59.5 cm³/mol. The van der Waals surface area contributed by atoms with Crippen molar-refractivity contribution >= 4 is 0 Å². The van der Waals surface area contributed by atoms with Gasteiger partial charge < -0.3 is 9.15 Å². The van der Waals surface area contributed by atoms with Crippen LogP contribution in [-0.2, 0) is 6.18 Å². The first-order valence-corrected chi connectivity index (χ1v) is 5.50. The second-order valence-electron chi connectivity index (χ2n) is 3.94. The van der Waals surface area contributed by atoms with E-state index >= 15 is 0 Å². The lowest BCUT2D eigenvalue weighted by molar-refractivity contribution is -0.137. The van der Waals surface area contributed by atoms with E-state index < -0.39 is 17.8 Å². The maximum Gasteiger partial charge on any atom is 0.416 e. The number of halogens is 3. The summed E-state index contributed by atoms with van der Waals surface area (Å²) in [6.45, 7) is 3.24. The molecule has 0 bridgehead atoms. The molecular weight excluding hydrogens is 261 g/mol. The lowest BCUT2D eigenvalue weighted by atomic mass is 10.2. The van der Waals surface area contributed by atoms with Crippen LogP contribution in [0.15, 0.2) is 28.7 Å². The summed E-state index contributed by atoms with van der Waals surface area (Å²) in [6.07, 6.45) is -5.02. The number of alkyl halides is 3. The Morgan fingerprint density at radius 3 is 2.58 bits per heavy atom. The molecule has 0 saturated heterocycles. The van der Waals surface area contributed by atoms with E-state index in [0.717, 1.165) is 12.1 Å². The summed E-state index contributed by atoms with van der Waals surface area (Å²) >= 11 is 0. The van der Waals surface area contributed by atoms with Crippen LogP contribution >= 0.6 is 0 Å². The molecule has 0 spiro atoms. The molecule has 0 amide bonds. The lowest BCUT2D eigenvalue weighted by Gasteiger charge is -2.13. The van der Waals surface area contributed by atoms with Gasteiger partial charge in [-0.25, -0.2) is 0 Å². The van der Waals surface area contributed by atoms with Crippen LogP contribution in [0.5, 0.6) is 5.75 Å². The van der Waals surface area contributed by atoms with Gasteiger partial charge in [-0.3, -0.25) is 0 Å². The standard InChI is InChI=1S/C12H11F3N2O2/c1-7(11-17-16-8(2)19-11)18-10-5-3-4-9(6-10)12(13,14)15/h3-7H,1-2H3. The first-order chi connectivity index (χ1) is 8.86. The van der Waals surface area contributed by atoms with Crippen molar-refractivity contribution in [1.29, 1.82) is 0 Å². The van der Waals surface area contributed by atoms with E-state index in [1.165, 1.54) is 12.1 Å². The zero-order valence-corrected chi connectivity index (χ0v) is 10.2. The van der Waals surface area contributed by atoms with Gasteiger partial charge in [0.2, 0.25) is 5.89 Å². The molecule has 19 heavy (non-hydrogen) atoms.